The Labute approximate surface area is 141 Å². The number of thiazole rings is 1. The maximum Gasteiger partial charge on any atom is 0.388 e. The molecule has 22 heavy (non-hydrogen) atoms. The van der Waals surface area contributed by atoms with Crippen molar-refractivity contribution >= 4 is 42.4 Å². The second-order valence-electron chi connectivity index (χ2n) is 4.62. The zero-order valence-electron chi connectivity index (χ0n) is 11.9. The molecule has 0 unspecified atom stereocenters. The fourth-order valence-corrected chi connectivity index (χ4v) is 3.72. The van der Waals surface area contributed by atoms with Crippen LogP contribution in [0, 0.1) is 31.0 Å². The predicted molar refractivity (Wildman–Crippen MR) is 74.7 cm³/mol. The van der Waals surface area contributed by atoms with Crippen LogP contribution in [0.1, 0.15) is 17.0 Å². The molecular weight excluding hydrogens is 396 g/mol. The van der Waals surface area contributed by atoms with Gasteiger partial charge in [-0.2, -0.15) is 4.40 Å². The molecule has 0 aliphatic heterocycles. The third kappa shape index (κ3) is 3.90. The summed E-state index contributed by atoms with van der Waals surface area (Å²) in [6.45, 7) is 6.36. The fourth-order valence-electron chi connectivity index (χ4n) is 2.06. The second kappa shape index (κ2) is 6.32. The van der Waals surface area contributed by atoms with Crippen molar-refractivity contribution in [1.29, 1.82) is 0 Å². The molecule has 1 aromatic carbocycles. The van der Waals surface area contributed by atoms with Gasteiger partial charge < -0.3 is 0 Å². The summed E-state index contributed by atoms with van der Waals surface area (Å²) in [6, 6.07) is 6.38. The summed E-state index contributed by atoms with van der Waals surface area (Å²) in [5.41, 5.74) is 4.90. The molecule has 118 valence electrons. The number of nitrogens with zero attached hydrogens (tertiary/aromatic N) is 2. The largest absolute Gasteiger partial charge is 0.388 e. The van der Waals surface area contributed by atoms with Crippen molar-refractivity contribution in [3.8, 4) is 0 Å². The van der Waals surface area contributed by atoms with Crippen LogP contribution >= 0.6 is 27.3 Å². The van der Waals surface area contributed by atoms with Gasteiger partial charge in [0.2, 0.25) is 0 Å². The summed E-state index contributed by atoms with van der Waals surface area (Å²) in [6.07, 6.45) is 0. The summed E-state index contributed by atoms with van der Waals surface area (Å²) in [5.74, 6) is 0. The standard InChI is InChI=1S/C13H12BrN2S.ClHO4/c1-7-8(2)15-13-16(9(7)3)11-5-4-10(14)6-12(11)17-13;2-1(3,4)5/h4-6H,1-3H3;(H,2,3,4,5)/q+1;/p-1. The average molecular weight is 408 g/mol. The maximum atomic E-state index is 8.49. The summed E-state index contributed by atoms with van der Waals surface area (Å²) in [7, 11) is -4.94. The van der Waals surface area contributed by atoms with E-state index in [0.29, 0.717) is 0 Å². The molecule has 0 saturated carbocycles. The highest BCUT2D eigenvalue weighted by atomic mass is 79.9. The van der Waals surface area contributed by atoms with Crippen LogP contribution in [-0.4, -0.2) is 4.98 Å². The highest BCUT2D eigenvalue weighted by molar-refractivity contribution is 9.10. The Hall–Kier alpha value is -0.870. The van der Waals surface area contributed by atoms with Gasteiger partial charge in [0.05, 0.1) is 4.70 Å². The van der Waals surface area contributed by atoms with E-state index in [0.717, 1.165) is 15.1 Å². The van der Waals surface area contributed by atoms with Crippen LogP contribution in [0.4, 0.5) is 0 Å². The molecule has 0 aliphatic rings. The lowest BCUT2D eigenvalue weighted by Gasteiger charge is -2.17. The van der Waals surface area contributed by atoms with Crippen LogP contribution in [-0.2, 0) is 0 Å². The number of hydrogen-bond acceptors (Lipinski definition) is 6. The van der Waals surface area contributed by atoms with E-state index in [4.69, 9.17) is 18.6 Å². The molecular formula is C13H12BrClN2O4S. The van der Waals surface area contributed by atoms with E-state index < -0.39 is 10.2 Å². The number of aromatic nitrogens is 2. The molecule has 3 rings (SSSR count). The highest BCUT2D eigenvalue weighted by Crippen LogP contribution is 2.25. The zero-order chi connectivity index (χ0) is 16.7. The van der Waals surface area contributed by atoms with Gasteiger partial charge in [-0.15, -0.1) is 10.2 Å². The Balaban J connectivity index is 0.000000309. The first-order valence-electron chi connectivity index (χ1n) is 6.07. The van der Waals surface area contributed by atoms with Gasteiger partial charge in [0.1, 0.15) is 5.69 Å². The molecule has 0 spiro atoms. The molecule has 0 amide bonds. The monoisotopic (exact) mass is 406 g/mol. The quantitative estimate of drug-likeness (QED) is 0.443. The zero-order valence-corrected chi connectivity index (χ0v) is 15.1. The van der Waals surface area contributed by atoms with E-state index in [1.54, 1.807) is 11.3 Å². The smallest absolute Gasteiger partial charge is 0.222 e. The molecule has 9 heteroatoms. The lowest BCUT2D eigenvalue weighted by Crippen LogP contribution is -2.68. The van der Waals surface area contributed by atoms with Gasteiger partial charge >= 0.3 is 4.96 Å². The molecule has 0 radical (unpaired) electrons. The molecule has 3 aromatic rings. The van der Waals surface area contributed by atoms with Crippen LogP contribution < -0.4 is 23.0 Å². The van der Waals surface area contributed by atoms with Gasteiger partial charge in [-0.05, 0) is 48.4 Å². The summed E-state index contributed by atoms with van der Waals surface area (Å²) in [5, 5.41) is 0. The molecule has 0 aliphatic carbocycles. The third-order valence-corrected chi connectivity index (χ3v) is 4.74. The highest BCUT2D eigenvalue weighted by Gasteiger charge is 2.19. The first-order chi connectivity index (χ1) is 10.1. The van der Waals surface area contributed by atoms with E-state index in [1.807, 2.05) is 0 Å². The third-order valence-electron chi connectivity index (χ3n) is 3.24. The first kappa shape index (κ1) is 17.5. The fraction of sp³-hybridized carbons (Fsp3) is 0.231. The topological polar surface area (TPSA) is 109 Å². The second-order valence-corrected chi connectivity index (χ2v) is 7.30. The Morgan fingerprint density at radius 1 is 1.14 bits per heavy atom. The number of hydrogen-bond donors (Lipinski definition) is 0. The minimum Gasteiger partial charge on any atom is -0.222 e. The van der Waals surface area contributed by atoms with Crippen molar-refractivity contribution in [3.63, 3.8) is 0 Å². The van der Waals surface area contributed by atoms with E-state index >= 15 is 0 Å². The molecule has 0 saturated heterocycles. The van der Waals surface area contributed by atoms with Crippen LogP contribution in [0.3, 0.4) is 0 Å². The molecule has 0 fully saturated rings. The Morgan fingerprint density at radius 3 is 2.32 bits per heavy atom. The number of halogens is 2. The molecule has 0 atom stereocenters. The van der Waals surface area contributed by atoms with Crippen molar-refractivity contribution in [1.82, 2.24) is 4.98 Å². The van der Waals surface area contributed by atoms with Gasteiger partial charge in [0.15, 0.2) is 11.2 Å². The van der Waals surface area contributed by atoms with Crippen LogP contribution in [0.5, 0.6) is 0 Å². The predicted octanol–water partition coefficient (Wildman–Crippen LogP) is -1.03. The number of rotatable bonds is 0. The van der Waals surface area contributed by atoms with Crippen LogP contribution in [0.25, 0.3) is 15.2 Å². The summed E-state index contributed by atoms with van der Waals surface area (Å²) in [4.78, 5) is 5.74. The Morgan fingerprint density at radius 2 is 1.73 bits per heavy atom. The van der Waals surface area contributed by atoms with Crippen LogP contribution in [0.15, 0.2) is 22.7 Å². The Kier molecular flexibility index (Phi) is 5.03. The minimum atomic E-state index is -4.94. The van der Waals surface area contributed by atoms with Gasteiger partial charge in [0.25, 0.3) is 0 Å². The van der Waals surface area contributed by atoms with Crippen molar-refractivity contribution in [2.24, 2.45) is 0 Å². The lowest BCUT2D eigenvalue weighted by molar-refractivity contribution is -2.00. The van der Waals surface area contributed by atoms with Crippen molar-refractivity contribution in [2.75, 3.05) is 0 Å². The molecule has 2 heterocycles. The van der Waals surface area contributed by atoms with E-state index in [-0.39, 0.29) is 0 Å². The summed E-state index contributed by atoms with van der Waals surface area (Å²) >= 11 is 5.25. The summed E-state index contributed by atoms with van der Waals surface area (Å²) < 4.78 is 38.6. The van der Waals surface area contributed by atoms with Gasteiger partial charge in [0, 0.05) is 17.0 Å². The first-order valence-corrected chi connectivity index (χ1v) is 8.91. The molecule has 0 N–H and O–H groups in total. The van der Waals surface area contributed by atoms with Crippen LogP contribution in [0.2, 0.25) is 0 Å². The average Bonchev–Trinajstić information content (AvgIpc) is 2.71. The van der Waals surface area contributed by atoms with Crippen molar-refractivity contribution in [2.45, 2.75) is 20.8 Å². The van der Waals surface area contributed by atoms with Crippen molar-refractivity contribution < 1.29 is 33.3 Å². The van der Waals surface area contributed by atoms with E-state index in [1.165, 1.54) is 21.5 Å². The maximum absolute atomic E-state index is 8.49. The van der Waals surface area contributed by atoms with Crippen molar-refractivity contribution in [3.05, 3.63) is 39.6 Å². The molecule has 6 nitrogen and oxygen atoms in total. The Bertz CT molecular complexity index is 842. The number of benzene rings is 1. The van der Waals surface area contributed by atoms with Gasteiger partial charge in [-0.1, -0.05) is 15.9 Å². The normalized spacial score (nSPS) is 11.6. The SMILES string of the molecule is Cc1nc2sc3cc(Br)ccc3[n+]2c(C)c1C.[O-][Cl+3]([O-])([O-])[O-]. The van der Waals surface area contributed by atoms with E-state index in [2.05, 4.69) is 64.3 Å². The van der Waals surface area contributed by atoms with Gasteiger partial charge in [-0.3, -0.25) is 0 Å². The number of fused-ring (bicyclic) bond motifs is 3. The molecule has 2 aromatic heterocycles. The lowest BCUT2D eigenvalue weighted by atomic mass is 10.2. The van der Waals surface area contributed by atoms with Gasteiger partial charge in [-0.25, -0.2) is 18.6 Å². The van der Waals surface area contributed by atoms with E-state index in [9.17, 15) is 0 Å². The minimum absolute atomic E-state index is 1.07. The number of aryl methyl sites for hydroxylation is 2. The molecule has 0 bridgehead atoms.